The van der Waals surface area contributed by atoms with Crippen LogP contribution >= 0.6 is 0 Å². The molecule has 0 atom stereocenters. The molecule has 6 heteroatoms. The molecule has 0 aliphatic heterocycles. The Labute approximate surface area is 118 Å². The first kappa shape index (κ1) is 15.9. The second-order valence-electron chi connectivity index (χ2n) is 5.79. The quantitative estimate of drug-likeness (QED) is 0.615. The zero-order chi connectivity index (χ0) is 15.5. The molecule has 20 heavy (non-hydrogen) atoms. The molecular weight excluding hydrogens is 260 g/mol. The van der Waals surface area contributed by atoms with E-state index in [0.29, 0.717) is 18.2 Å². The number of carbonyl (C=O) groups is 1. The van der Waals surface area contributed by atoms with Gasteiger partial charge in [-0.25, -0.2) is 4.79 Å². The Morgan fingerprint density at radius 3 is 2.50 bits per heavy atom. The third-order valence-electron chi connectivity index (χ3n) is 3.74. The predicted octanol–water partition coefficient (Wildman–Crippen LogP) is 3.39. The molecule has 110 valence electrons. The number of rotatable bonds is 6. The lowest BCUT2D eigenvalue weighted by Crippen LogP contribution is -2.28. The van der Waals surface area contributed by atoms with Crippen molar-refractivity contribution in [1.29, 1.82) is 0 Å². The number of aromatic carboxylic acids is 1. The molecule has 0 unspecified atom stereocenters. The van der Waals surface area contributed by atoms with Crippen LogP contribution in [0.4, 0.5) is 11.4 Å². The van der Waals surface area contributed by atoms with Crippen molar-refractivity contribution in [3.05, 3.63) is 33.9 Å². The van der Waals surface area contributed by atoms with Gasteiger partial charge in [-0.15, -0.1) is 0 Å². The van der Waals surface area contributed by atoms with E-state index in [2.05, 4.69) is 33.0 Å². The summed E-state index contributed by atoms with van der Waals surface area (Å²) in [7, 11) is 0. The monoisotopic (exact) mass is 280 g/mol. The standard InChI is InChI=1S/C14H20N2O4/c1-9(2)14(3,4)8-15-10-5-6-11(13(17)18)12(7-10)16(19)20/h5-7,9,15H,8H2,1-4H3,(H,17,18). The molecule has 0 fully saturated rings. The van der Waals surface area contributed by atoms with Gasteiger partial charge in [0.15, 0.2) is 0 Å². The van der Waals surface area contributed by atoms with Gasteiger partial charge in [0.1, 0.15) is 5.56 Å². The fourth-order valence-electron chi connectivity index (χ4n) is 1.51. The third-order valence-corrected chi connectivity index (χ3v) is 3.74. The number of carboxylic acids is 1. The van der Waals surface area contributed by atoms with Crippen LogP contribution in [0.2, 0.25) is 0 Å². The maximum Gasteiger partial charge on any atom is 0.342 e. The summed E-state index contributed by atoms with van der Waals surface area (Å²) in [5.74, 6) is -0.853. The van der Waals surface area contributed by atoms with Crippen molar-refractivity contribution in [1.82, 2.24) is 0 Å². The van der Waals surface area contributed by atoms with Gasteiger partial charge in [-0.3, -0.25) is 10.1 Å². The molecule has 0 radical (unpaired) electrons. The van der Waals surface area contributed by atoms with E-state index in [-0.39, 0.29) is 11.0 Å². The molecule has 0 aliphatic rings. The van der Waals surface area contributed by atoms with Crippen LogP contribution in [0, 0.1) is 21.4 Å². The van der Waals surface area contributed by atoms with Crippen molar-refractivity contribution in [2.24, 2.45) is 11.3 Å². The zero-order valence-corrected chi connectivity index (χ0v) is 12.1. The van der Waals surface area contributed by atoms with Crippen molar-refractivity contribution < 1.29 is 14.8 Å². The van der Waals surface area contributed by atoms with Gasteiger partial charge < -0.3 is 10.4 Å². The van der Waals surface area contributed by atoms with Crippen LogP contribution in [0.3, 0.4) is 0 Å². The highest BCUT2D eigenvalue weighted by Crippen LogP contribution is 2.28. The van der Waals surface area contributed by atoms with E-state index in [0.717, 1.165) is 0 Å². The zero-order valence-electron chi connectivity index (χ0n) is 12.1. The van der Waals surface area contributed by atoms with Crippen LogP contribution in [-0.4, -0.2) is 22.5 Å². The molecule has 0 saturated carbocycles. The minimum atomic E-state index is -1.30. The average Bonchev–Trinajstić information content (AvgIpc) is 2.35. The van der Waals surface area contributed by atoms with Crippen molar-refractivity contribution in [3.8, 4) is 0 Å². The Hall–Kier alpha value is -2.11. The number of hydrogen-bond donors (Lipinski definition) is 2. The molecule has 2 N–H and O–H groups in total. The van der Waals surface area contributed by atoms with Crippen LogP contribution in [0.25, 0.3) is 0 Å². The number of benzene rings is 1. The van der Waals surface area contributed by atoms with Gasteiger partial charge >= 0.3 is 5.97 Å². The summed E-state index contributed by atoms with van der Waals surface area (Å²) in [4.78, 5) is 21.1. The smallest absolute Gasteiger partial charge is 0.342 e. The van der Waals surface area contributed by atoms with Gasteiger partial charge in [-0.05, 0) is 23.5 Å². The summed E-state index contributed by atoms with van der Waals surface area (Å²) in [6.07, 6.45) is 0. The molecule has 0 heterocycles. The highest BCUT2D eigenvalue weighted by atomic mass is 16.6. The Balaban J connectivity index is 2.96. The number of nitrogens with one attached hydrogen (secondary N) is 1. The van der Waals surface area contributed by atoms with Crippen LogP contribution in [0.5, 0.6) is 0 Å². The second-order valence-corrected chi connectivity index (χ2v) is 5.79. The molecule has 6 nitrogen and oxygen atoms in total. The fraction of sp³-hybridized carbons (Fsp3) is 0.500. The molecule has 0 aliphatic carbocycles. The third kappa shape index (κ3) is 3.69. The number of carboxylic acid groups (broad SMARTS) is 1. The average molecular weight is 280 g/mol. The van der Waals surface area contributed by atoms with Gasteiger partial charge in [0.05, 0.1) is 4.92 Å². The number of hydrogen-bond acceptors (Lipinski definition) is 4. The van der Waals surface area contributed by atoms with E-state index >= 15 is 0 Å². The molecule has 0 aromatic heterocycles. The Morgan fingerprint density at radius 1 is 1.45 bits per heavy atom. The number of nitro benzene ring substituents is 1. The maximum absolute atomic E-state index is 10.9. The van der Waals surface area contributed by atoms with Crippen molar-refractivity contribution >= 4 is 17.3 Å². The van der Waals surface area contributed by atoms with Gasteiger partial charge in [0, 0.05) is 18.3 Å². The first-order chi connectivity index (χ1) is 9.15. The molecule has 1 rings (SSSR count). The van der Waals surface area contributed by atoms with Gasteiger partial charge in [0.2, 0.25) is 0 Å². The minimum Gasteiger partial charge on any atom is -0.477 e. The first-order valence-electron chi connectivity index (χ1n) is 6.41. The van der Waals surface area contributed by atoms with Crippen molar-refractivity contribution in [2.75, 3.05) is 11.9 Å². The first-order valence-corrected chi connectivity index (χ1v) is 6.41. The molecule has 0 amide bonds. The lowest BCUT2D eigenvalue weighted by molar-refractivity contribution is -0.385. The fourth-order valence-corrected chi connectivity index (χ4v) is 1.51. The maximum atomic E-state index is 10.9. The van der Waals surface area contributed by atoms with Crippen molar-refractivity contribution in [3.63, 3.8) is 0 Å². The number of nitro groups is 1. The Morgan fingerprint density at radius 2 is 2.05 bits per heavy atom. The lowest BCUT2D eigenvalue weighted by atomic mass is 9.81. The molecule has 0 bridgehead atoms. The van der Waals surface area contributed by atoms with Gasteiger partial charge in [-0.1, -0.05) is 27.7 Å². The van der Waals surface area contributed by atoms with Crippen LogP contribution in [0.15, 0.2) is 18.2 Å². The summed E-state index contributed by atoms with van der Waals surface area (Å²) in [6, 6.07) is 4.07. The largest absolute Gasteiger partial charge is 0.477 e. The summed E-state index contributed by atoms with van der Waals surface area (Å²) < 4.78 is 0. The lowest BCUT2D eigenvalue weighted by Gasteiger charge is -2.29. The van der Waals surface area contributed by atoms with E-state index in [1.807, 2.05) is 0 Å². The molecule has 1 aromatic rings. The number of nitrogens with zero attached hydrogens (tertiary/aromatic N) is 1. The number of anilines is 1. The van der Waals surface area contributed by atoms with Gasteiger partial charge in [-0.2, -0.15) is 0 Å². The van der Waals surface area contributed by atoms with E-state index in [9.17, 15) is 14.9 Å². The summed E-state index contributed by atoms with van der Waals surface area (Å²) in [5.41, 5.74) is -0.121. The molecule has 0 saturated heterocycles. The normalized spacial score (nSPS) is 11.4. The summed E-state index contributed by atoms with van der Waals surface area (Å²) >= 11 is 0. The second kappa shape index (κ2) is 5.90. The predicted molar refractivity (Wildman–Crippen MR) is 77.2 cm³/mol. The highest BCUT2D eigenvalue weighted by molar-refractivity contribution is 5.93. The van der Waals surface area contributed by atoms with Crippen LogP contribution in [-0.2, 0) is 0 Å². The van der Waals surface area contributed by atoms with E-state index in [4.69, 9.17) is 5.11 Å². The van der Waals surface area contributed by atoms with E-state index in [1.165, 1.54) is 12.1 Å². The van der Waals surface area contributed by atoms with Gasteiger partial charge in [0.25, 0.3) is 5.69 Å². The SMILES string of the molecule is CC(C)C(C)(C)CNc1ccc(C(=O)O)c([N+](=O)[O-])c1. The summed E-state index contributed by atoms with van der Waals surface area (Å²) in [6.45, 7) is 9.07. The summed E-state index contributed by atoms with van der Waals surface area (Å²) in [5, 5.41) is 22.9. The Bertz CT molecular complexity index is 524. The highest BCUT2D eigenvalue weighted by Gasteiger charge is 2.23. The van der Waals surface area contributed by atoms with Crippen LogP contribution < -0.4 is 5.32 Å². The van der Waals surface area contributed by atoms with E-state index < -0.39 is 16.6 Å². The molecule has 0 spiro atoms. The molecular formula is C14H20N2O4. The minimum absolute atomic E-state index is 0.0280. The topological polar surface area (TPSA) is 92.5 Å². The van der Waals surface area contributed by atoms with Crippen molar-refractivity contribution in [2.45, 2.75) is 27.7 Å². The van der Waals surface area contributed by atoms with Crippen LogP contribution in [0.1, 0.15) is 38.1 Å². The molecule has 1 aromatic carbocycles. The Kier molecular flexibility index (Phi) is 4.70. The van der Waals surface area contributed by atoms with E-state index in [1.54, 1.807) is 6.07 Å².